The molecule has 3 aliphatic carbocycles. The van der Waals surface area contributed by atoms with Crippen LogP contribution in [0.4, 0.5) is 0 Å². The normalized spacial score (nSPS) is 56.0. The summed E-state index contributed by atoms with van der Waals surface area (Å²) in [5, 5.41) is 11.5. The zero-order valence-corrected chi connectivity index (χ0v) is 12.0. The Labute approximate surface area is 111 Å². The third-order valence-electron chi connectivity index (χ3n) is 6.77. The highest BCUT2D eigenvalue weighted by atomic mass is 16.3. The maximum Gasteiger partial charge on any atom is 0.0746 e. The number of fused-ring (bicyclic) bond motifs is 2. The lowest BCUT2D eigenvalue weighted by Crippen LogP contribution is -2.60. The highest BCUT2D eigenvalue weighted by Gasteiger charge is 2.62. The summed E-state index contributed by atoms with van der Waals surface area (Å²) in [6, 6.07) is 0. The molecule has 3 rings (SSSR count). The highest BCUT2D eigenvalue weighted by molar-refractivity contribution is 5.13. The van der Waals surface area contributed by atoms with Crippen LogP contribution in [0.1, 0.15) is 58.8 Å². The summed E-state index contributed by atoms with van der Waals surface area (Å²) in [6.07, 6.45) is 8.66. The lowest BCUT2D eigenvalue weighted by Gasteiger charge is -2.56. The van der Waals surface area contributed by atoms with Gasteiger partial charge in [0, 0.05) is 12.0 Å². The first kappa shape index (κ1) is 12.9. The topological polar surface area (TPSA) is 46.2 Å². The fraction of sp³-hybridized carbons (Fsp3) is 1.00. The van der Waals surface area contributed by atoms with Crippen LogP contribution in [-0.4, -0.2) is 17.3 Å². The average Bonchev–Trinajstić information content (AvgIpc) is 2.94. The van der Waals surface area contributed by atoms with Gasteiger partial charge >= 0.3 is 0 Å². The molecular formula is C16H29NO. The molecule has 0 spiro atoms. The molecule has 0 aliphatic heterocycles. The zero-order valence-electron chi connectivity index (χ0n) is 12.0. The van der Waals surface area contributed by atoms with E-state index < -0.39 is 5.60 Å². The van der Waals surface area contributed by atoms with Gasteiger partial charge < -0.3 is 10.8 Å². The van der Waals surface area contributed by atoms with Crippen molar-refractivity contribution >= 4 is 0 Å². The van der Waals surface area contributed by atoms with Crippen molar-refractivity contribution < 1.29 is 5.11 Å². The van der Waals surface area contributed by atoms with Gasteiger partial charge in [0.25, 0.3) is 0 Å². The van der Waals surface area contributed by atoms with Crippen LogP contribution >= 0.6 is 0 Å². The minimum atomic E-state index is -0.487. The van der Waals surface area contributed by atoms with Crippen molar-refractivity contribution in [3.8, 4) is 0 Å². The predicted molar refractivity (Wildman–Crippen MR) is 74.1 cm³/mol. The zero-order chi connectivity index (χ0) is 13.0. The maximum atomic E-state index is 11.5. The van der Waals surface area contributed by atoms with Gasteiger partial charge in [0.2, 0.25) is 0 Å². The molecule has 2 heteroatoms. The van der Waals surface area contributed by atoms with Crippen molar-refractivity contribution in [3.05, 3.63) is 0 Å². The van der Waals surface area contributed by atoms with E-state index in [0.717, 1.165) is 12.3 Å². The Bertz CT molecular complexity index is 331. The quantitative estimate of drug-likeness (QED) is 0.792. The summed E-state index contributed by atoms with van der Waals surface area (Å²) in [7, 11) is 0. The lowest BCUT2D eigenvalue weighted by atomic mass is 9.53. The summed E-state index contributed by atoms with van der Waals surface area (Å²) in [5.41, 5.74) is 5.78. The van der Waals surface area contributed by atoms with E-state index in [2.05, 4.69) is 13.8 Å². The van der Waals surface area contributed by atoms with Crippen LogP contribution in [0, 0.1) is 29.1 Å². The summed E-state index contributed by atoms with van der Waals surface area (Å²) < 4.78 is 0. The predicted octanol–water partition coefficient (Wildman–Crippen LogP) is 2.94. The molecule has 2 nitrogen and oxygen atoms in total. The Kier molecular flexibility index (Phi) is 3.02. The van der Waals surface area contributed by atoms with Crippen LogP contribution in [0.25, 0.3) is 0 Å². The molecule has 3 N–H and O–H groups in total. The number of rotatable bonds is 2. The first-order chi connectivity index (χ1) is 8.52. The second-order valence-corrected chi connectivity index (χ2v) is 7.65. The molecule has 0 aromatic carbocycles. The van der Waals surface area contributed by atoms with Crippen LogP contribution in [0.5, 0.6) is 0 Å². The third kappa shape index (κ3) is 1.54. The molecule has 0 amide bonds. The molecule has 3 fully saturated rings. The molecule has 6 atom stereocenters. The van der Waals surface area contributed by atoms with Gasteiger partial charge in [-0.05, 0) is 55.8 Å². The minimum absolute atomic E-state index is 0.0456. The smallest absolute Gasteiger partial charge is 0.0746 e. The Morgan fingerprint density at radius 2 is 1.89 bits per heavy atom. The monoisotopic (exact) mass is 251 g/mol. The molecule has 3 saturated carbocycles. The van der Waals surface area contributed by atoms with Crippen molar-refractivity contribution in [3.63, 3.8) is 0 Å². The molecule has 104 valence electrons. The van der Waals surface area contributed by atoms with Gasteiger partial charge in [0.1, 0.15) is 0 Å². The lowest BCUT2D eigenvalue weighted by molar-refractivity contribution is -0.170. The van der Waals surface area contributed by atoms with Gasteiger partial charge in [0.15, 0.2) is 0 Å². The molecule has 2 bridgehead atoms. The number of hydrogen-bond donors (Lipinski definition) is 2. The summed E-state index contributed by atoms with van der Waals surface area (Å²) in [5.74, 6) is 2.64. The Morgan fingerprint density at radius 3 is 2.44 bits per heavy atom. The van der Waals surface area contributed by atoms with Crippen molar-refractivity contribution in [2.24, 2.45) is 34.8 Å². The first-order valence-corrected chi connectivity index (χ1v) is 7.94. The molecule has 0 saturated heterocycles. The molecule has 0 aromatic rings. The van der Waals surface area contributed by atoms with Crippen LogP contribution in [0.2, 0.25) is 0 Å². The van der Waals surface area contributed by atoms with E-state index in [1.807, 2.05) is 0 Å². The molecule has 18 heavy (non-hydrogen) atoms. The van der Waals surface area contributed by atoms with Gasteiger partial charge in [-0.25, -0.2) is 0 Å². The molecular weight excluding hydrogens is 222 g/mol. The summed E-state index contributed by atoms with van der Waals surface area (Å²) in [6.45, 7) is 5.26. The van der Waals surface area contributed by atoms with Crippen LogP contribution in [0.15, 0.2) is 0 Å². The SMILES string of the molecule is CC1CCC(C)C(O)(C2(CN)CC3CCC2C3)C1. The van der Waals surface area contributed by atoms with E-state index in [-0.39, 0.29) is 5.41 Å². The second-order valence-electron chi connectivity index (χ2n) is 7.65. The first-order valence-electron chi connectivity index (χ1n) is 7.94. The van der Waals surface area contributed by atoms with E-state index in [4.69, 9.17) is 5.73 Å². The van der Waals surface area contributed by atoms with E-state index >= 15 is 0 Å². The van der Waals surface area contributed by atoms with E-state index in [9.17, 15) is 5.11 Å². The Hall–Kier alpha value is -0.0800. The number of aliphatic hydroxyl groups is 1. The maximum absolute atomic E-state index is 11.5. The number of hydrogen-bond acceptors (Lipinski definition) is 2. The van der Waals surface area contributed by atoms with E-state index in [1.165, 1.54) is 38.5 Å². The van der Waals surface area contributed by atoms with Crippen LogP contribution in [0.3, 0.4) is 0 Å². The van der Waals surface area contributed by atoms with Crippen LogP contribution in [-0.2, 0) is 0 Å². The van der Waals surface area contributed by atoms with E-state index in [1.54, 1.807) is 0 Å². The fourth-order valence-corrected chi connectivity index (χ4v) is 5.70. The molecule has 3 aliphatic rings. The van der Waals surface area contributed by atoms with Gasteiger partial charge in [-0.15, -0.1) is 0 Å². The highest BCUT2D eigenvalue weighted by Crippen LogP contribution is 2.64. The average molecular weight is 251 g/mol. The van der Waals surface area contributed by atoms with Crippen molar-refractivity contribution in [2.75, 3.05) is 6.54 Å². The van der Waals surface area contributed by atoms with Gasteiger partial charge in [-0.2, -0.15) is 0 Å². The van der Waals surface area contributed by atoms with Crippen molar-refractivity contribution in [1.82, 2.24) is 0 Å². The van der Waals surface area contributed by atoms with Gasteiger partial charge in [-0.3, -0.25) is 0 Å². The number of nitrogens with two attached hydrogens (primary N) is 1. The van der Waals surface area contributed by atoms with Gasteiger partial charge in [0.05, 0.1) is 5.60 Å². The van der Waals surface area contributed by atoms with Gasteiger partial charge in [-0.1, -0.05) is 26.7 Å². The van der Waals surface area contributed by atoms with E-state index in [0.29, 0.717) is 24.3 Å². The van der Waals surface area contributed by atoms with Crippen LogP contribution < -0.4 is 5.73 Å². The summed E-state index contributed by atoms with van der Waals surface area (Å²) >= 11 is 0. The van der Waals surface area contributed by atoms with Crippen molar-refractivity contribution in [1.29, 1.82) is 0 Å². The standard InChI is InChI=1S/C16H29NO/c1-11-3-4-12(2)16(18,8-11)15(10-17)9-13-5-6-14(15)7-13/h11-14,18H,3-10,17H2,1-2H3. The molecule has 0 heterocycles. The molecule has 0 aromatic heterocycles. The second kappa shape index (κ2) is 4.21. The minimum Gasteiger partial charge on any atom is -0.389 e. The Balaban J connectivity index is 1.95. The molecule has 0 radical (unpaired) electrons. The Morgan fingerprint density at radius 1 is 1.11 bits per heavy atom. The molecule has 6 unspecified atom stereocenters. The summed E-state index contributed by atoms with van der Waals surface area (Å²) in [4.78, 5) is 0. The fourth-order valence-electron chi connectivity index (χ4n) is 5.70. The third-order valence-corrected chi connectivity index (χ3v) is 6.77. The largest absolute Gasteiger partial charge is 0.389 e. The van der Waals surface area contributed by atoms with Crippen molar-refractivity contribution in [2.45, 2.75) is 64.4 Å².